The summed E-state index contributed by atoms with van der Waals surface area (Å²) >= 11 is 7.34. The van der Waals surface area contributed by atoms with E-state index in [1.54, 1.807) is 48.8 Å². The summed E-state index contributed by atoms with van der Waals surface area (Å²) in [7, 11) is 0. The van der Waals surface area contributed by atoms with Crippen molar-refractivity contribution < 1.29 is 9.59 Å². The normalized spacial score (nSPS) is 13.5. The Balaban J connectivity index is 1.44. The van der Waals surface area contributed by atoms with E-state index in [0.29, 0.717) is 47.2 Å². The van der Waals surface area contributed by atoms with E-state index in [1.807, 2.05) is 4.90 Å². The summed E-state index contributed by atoms with van der Waals surface area (Å²) in [5.41, 5.74) is 2.11. The molecule has 1 N–H and O–H groups in total. The number of anilines is 1. The zero-order valence-electron chi connectivity index (χ0n) is 14.9. The molecular formula is C20H17ClN4O2S. The van der Waals surface area contributed by atoms with E-state index in [1.165, 1.54) is 11.3 Å². The lowest BCUT2D eigenvalue weighted by Crippen LogP contribution is -2.33. The SMILES string of the molecule is O=C(Nc1cccc(Cl)c1)c1nc2c(s1)CCN(C(=O)c1cccnc1)CC2. The molecule has 0 spiro atoms. The number of aromatic nitrogens is 2. The average molecular weight is 413 g/mol. The van der Waals surface area contributed by atoms with Crippen molar-refractivity contribution in [2.45, 2.75) is 12.8 Å². The molecule has 1 aliphatic rings. The molecule has 2 aromatic heterocycles. The number of fused-ring (bicyclic) bond motifs is 1. The van der Waals surface area contributed by atoms with E-state index < -0.39 is 0 Å². The number of nitrogens with zero attached hydrogens (tertiary/aromatic N) is 3. The van der Waals surface area contributed by atoms with Gasteiger partial charge in [-0.15, -0.1) is 11.3 Å². The fraction of sp³-hybridized carbons (Fsp3) is 0.200. The molecule has 3 aromatic rings. The molecule has 0 fully saturated rings. The number of carbonyl (C=O) groups is 2. The van der Waals surface area contributed by atoms with Crippen molar-refractivity contribution in [3.05, 3.63) is 75.0 Å². The summed E-state index contributed by atoms with van der Waals surface area (Å²) in [6.07, 6.45) is 4.54. The largest absolute Gasteiger partial charge is 0.338 e. The van der Waals surface area contributed by atoms with E-state index in [0.717, 1.165) is 10.6 Å². The van der Waals surface area contributed by atoms with Crippen LogP contribution in [0.25, 0.3) is 0 Å². The number of benzene rings is 1. The maximum absolute atomic E-state index is 12.6. The lowest BCUT2D eigenvalue weighted by atomic mass is 10.2. The first-order valence-electron chi connectivity index (χ1n) is 8.85. The lowest BCUT2D eigenvalue weighted by Gasteiger charge is -2.20. The molecule has 0 aliphatic carbocycles. The number of pyridine rings is 1. The van der Waals surface area contributed by atoms with Gasteiger partial charge in [0.15, 0.2) is 5.01 Å². The first-order chi connectivity index (χ1) is 13.6. The zero-order valence-corrected chi connectivity index (χ0v) is 16.5. The predicted molar refractivity (Wildman–Crippen MR) is 109 cm³/mol. The Morgan fingerprint density at radius 2 is 2.00 bits per heavy atom. The van der Waals surface area contributed by atoms with Crippen LogP contribution < -0.4 is 5.32 Å². The van der Waals surface area contributed by atoms with E-state index in [9.17, 15) is 9.59 Å². The van der Waals surface area contributed by atoms with Gasteiger partial charge in [-0.25, -0.2) is 4.98 Å². The minimum atomic E-state index is -0.247. The van der Waals surface area contributed by atoms with Crippen LogP contribution >= 0.6 is 22.9 Å². The second-order valence-corrected chi connectivity index (χ2v) is 7.91. The molecule has 0 unspecified atom stereocenters. The predicted octanol–water partition coefficient (Wildman–Crippen LogP) is 3.68. The van der Waals surface area contributed by atoms with Crippen LogP contribution in [-0.4, -0.2) is 39.8 Å². The molecule has 0 saturated carbocycles. The van der Waals surface area contributed by atoms with E-state index in [2.05, 4.69) is 15.3 Å². The molecule has 0 saturated heterocycles. The molecule has 0 radical (unpaired) electrons. The van der Waals surface area contributed by atoms with Gasteiger partial charge >= 0.3 is 0 Å². The minimum Gasteiger partial charge on any atom is -0.338 e. The third-order valence-electron chi connectivity index (χ3n) is 4.48. The van der Waals surface area contributed by atoms with Crippen molar-refractivity contribution in [3.8, 4) is 0 Å². The number of rotatable bonds is 3. The van der Waals surface area contributed by atoms with Crippen molar-refractivity contribution in [2.75, 3.05) is 18.4 Å². The fourth-order valence-corrected chi connectivity index (χ4v) is 4.27. The quantitative estimate of drug-likeness (QED) is 0.712. The zero-order chi connectivity index (χ0) is 19.5. The average Bonchev–Trinajstić information content (AvgIpc) is 3.02. The first-order valence-corrected chi connectivity index (χ1v) is 10.0. The van der Waals surface area contributed by atoms with Gasteiger partial charge in [-0.05, 0) is 30.3 Å². The van der Waals surface area contributed by atoms with Gasteiger partial charge in [-0.2, -0.15) is 0 Å². The molecule has 1 aliphatic heterocycles. The Morgan fingerprint density at radius 3 is 2.79 bits per heavy atom. The molecule has 1 aromatic carbocycles. The summed E-state index contributed by atoms with van der Waals surface area (Å²) in [4.78, 5) is 36.5. The van der Waals surface area contributed by atoms with Crippen molar-refractivity contribution >= 4 is 40.4 Å². The van der Waals surface area contributed by atoms with Crippen molar-refractivity contribution in [2.24, 2.45) is 0 Å². The van der Waals surface area contributed by atoms with Gasteiger partial charge < -0.3 is 10.2 Å². The number of carbonyl (C=O) groups excluding carboxylic acids is 2. The van der Waals surface area contributed by atoms with Crippen LogP contribution in [0.5, 0.6) is 0 Å². The van der Waals surface area contributed by atoms with Crippen LogP contribution in [0, 0.1) is 0 Å². The molecule has 0 bridgehead atoms. The van der Waals surface area contributed by atoms with Gasteiger partial charge in [-0.3, -0.25) is 14.6 Å². The number of hydrogen-bond donors (Lipinski definition) is 1. The molecule has 28 heavy (non-hydrogen) atoms. The highest BCUT2D eigenvalue weighted by atomic mass is 35.5. The Bertz CT molecular complexity index is 997. The number of halogens is 1. The van der Waals surface area contributed by atoms with E-state index in [4.69, 9.17) is 11.6 Å². The molecule has 3 heterocycles. The van der Waals surface area contributed by atoms with Crippen molar-refractivity contribution in [3.63, 3.8) is 0 Å². The Hall–Kier alpha value is -2.77. The van der Waals surface area contributed by atoms with Gasteiger partial charge in [0.25, 0.3) is 11.8 Å². The van der Waals surface area contributed by atoms with Crippen molar-refractivity contribution in [1.82, 2.24) is 14.9 Å². The van der Waals surface area contributed by atoms with Crippen LogP contribution in [-0.2, 0) is 12.8 Å². The summed E-state index contributed by atoms with van der Waals surface area (Å²) < 4.78 is 0. The second kappa shape index (κ2) is 8.08. The third-order valence-corrected chi connectivity index (χ3v) is 5.87. The van der Waals surface area contributed by atoms with Gasteiger partial charge in [-0.1, -0.05) is 17.7 Å². The maximum Gasteiger partial charge on any atom is 0.284 e. The van der Waals surface area contributed by atoms with Crippen LogP contribution in [0.15, 0.2) is 48.8 Å². The first kappa shape index (κ1) is 18.6. The Morgan fingerprint density at radius 1 is 1.14 bits per heavy atom. The topological polar surface area (TPSA) is 75.2 Å². The summed E-state index contributed by atoms with van der Waals surface area (Å²) in [5.74, 6) is -0.272. The van der Waals surface area contributed by atoms with Crippen LogP contribution in [0.3, 0.4) is 0 Å². The number of nitrogens with one attached hydrogen (secondary N) is 1. The molecular weight excluding hydrogens is 396 g/mol. The third kappa shape index (κ3) is 4.05. The number of hydrogen-bond acceptors (Lipinski definition) is 5. The molecule has 142 valence electrons. The van der Waals surface area contributed by atoms with Gasteiger partial charge in [0, 0.05) is 53.9 Å². The van der Waals surface area contributed by atoms with Gasteiger partial charge in [0.1, 0.15) is 0 Å². The smallest absolute Gasteiger partial charge is 0.284 e. The molecule has 8 heteroatoms. The summed E-state index contributed by atoms with van der Waals surface area (Å²) in [6, 6.07) is 10.5. The van der Waals surface area contributed by atoms with E-state index >= 15 is 0 Å². The highest BCUT2D eigenvalue weighted by Gasteiger charge is 2.24. The summed E-state index contributed by atoms with van der Waals surface area (Å²) in [5, 5.41) is 3.81. The highest BCUT2D eigenvalue weighted by Crippen LogP contribution is 2.25. The Kier molecular flexibility index (Phi) is 5.36. The molecule has 6 nitrogen and oxygen atoms in total. The molecule has 2 amide bonds. The van der Waals surface area contributed by atoms with Crippen LogP contribution in [0.2, 0.25) is 5.02 Å². The van der Waals surface area contributed by atoms with Crippen LogP contribution in [0.1, 0.15) is 30.7 Å². The lowest BCUT2D eigenvalue weighted by molar-refractivity contribution is 0.0762. The Labute approximate surface area is 171 Å². The van der Waals surface area contributed by atoms with E-state index in [-0.39, 0.29) is 11.8 Å². The molecule has 4 rings (SSSR count). The highest BCUT2D eigenvalue weighted by molar-refractivity contribution is 7.13. The second-order valence-electron chi connectivity index (χ2n) is 6.39. The van der Waals surface area contributed by atoms with Crippen LogP contribution in [0.4, 0.5) is 5.69 Å². The molecule has 0 atom stereocenters. The number of amides is 2. The standard InChI is InChI=1S/C20H17ClN4O2S/c21-14-4-1-5-15(11-14)23-18(26)19-24-16-6-9-25(10-7-17(16)28-19)20(27)13-3-2-8-22-12-13/h1-5,8,11-12H,6-7,9-10H2,(H,23,26). The fourth-order valence-electron chi connectivity index (χ4n) is 3.09. The maximum atomic E-state index is 12.6. The van der Waals surface area contributed by atoms with Gasteiger partial charge in [0.05, 0.1) is 11.3 Å². The van der Waals surface area contributed by atoms with Crippen molar-refractivity contribution in [1.29, 1.82) is 0 Å². The summed E-state index contributed by atoms with van der Waals surface area (Å²) in [6.45, 7) is 1.16. The monoisotopic (exact) mass is 412 g/mol. The minimum absolute atomic E-state index is 0.0258. The number of thiazole rings is 1. The van der Waals surface area contributed by atoms with Gasteiger partial charge in [0.2, 0.25) is 0 Å².